The molecule has 8 nitrogen and oxygen atoms in total. The summed E-state index contributed by atoms with van der Waals surface area (Å²) < 4.78 is 0. The van der Waals surface area contributed by atoms with Crippen LogP contribution in [0.2, 0.25) is 0 Å². The Kier molecular flexibility index (Phi) is 4.56. The average Bonchev–Trinajstić information content (AvgIpc) is 3.50. The van der Waals surface area contributed by atoms with E-state index in [-0.39, 0.29) is 11.9 Å². The Labute approximate surface area is 170 Å². The van der Waals surface area contributed by atoms with Crippen LogP contribution in [-0.4, -0.2) is 58.1 Å². The van der Waals surface area contributed by atoms with Gasteiger partial charge in [-0.15, -0.1) is 0 Å². The predicted molar refractivity (Wildman–Crippen MR) is 110 cm³/mol. The van der Waals surface area contributed by atoms with Crippen LogP contribution in [0, 0.1) is 18.3 Å². The molecule has 1 aliphatic carbocycles. The number of nitrogens with zero attached hydrogens (tertiary/aromatic N) is 6. The van der Waals surface area contributed by atoms with Gasteiger partial charge in [-0.3, -0.25) is 4.79 Å². The molecule has 3 fully saturated rings. The van der Waals surface area contributed by atoms with E-state index in [9.17, 15) is 4.79 Å². The maximum absolute atomic E-state index is 13.5. The first-order valence-electron chi connectivity index (χ1n) is 10.5. The van der Waals surface area contributed by atoms with E-state index in [4.69, 9.17) is 0 Å². The molecule has 2 aromatic rings. The second-order valence-corrected chi connectivity index (χ2v) is 8.61. The van der Waals surface area contributed by atoms with Crippen LogP contribution < -0.4 is 15.1 Å². The number of aryl methyl sites for hydroxylation is 1. The average molecular weight is 393 g/mol. The quantitative estimate of drug-likeness (QED) is 0.825. The van der Waals surface area contributed by atoms with Gasteiger partial charge in [-0.1, -0.05) is 0 Å². The zero-order chi connectivity index (χ0) is 19.8. The van der Waals surface area contributed by atoms with Crippen molar-refractivity contribution in [2.75, 3.05) is 36.0 Å². The van der Waals surface area contributed by atoms with E-state index in [2.05, 4.69) is 35.1 Å². The van der Waals surface area contributed by atoms with Gasteiger partial charge in [0.1, 0.15) is 0 Å². The lowest BCUT2D eigenvalue weighted by molar-refractivity contribution is -0.131. The Morgan fingerprint density at radius 1 is 1.17 bits per heavy atom. The molecule has 0 spiro atoms. The van der Waals surface area contributed by atoms with E-state index in [0.717, 1.165) is 31.5 Å². The van der Waals surface area contributed by atoms with Crippen molar-refractivity contribution in [1.82, 2.24) is 25.3 Å². The van der Waals surface area contributed by atoms with Crippen LogP contribution in [0.3, 0.4) is 0 Å². The molecule has 0 aromatic carbocycles. The lowest BCUT2D eigenvalue weighted by Gasteiger charge is -2.44. The highest BCUT2D eigenvalue weighted by molar-refractivity contribution is 5.86. The summed E-state index contributed by atoms with van der Waals surface area (Å²) >= 11 is 0. The summed E-state index contributed by atoms with van der Waals surface area (Å²) in [4.78, 5) is 35.9. The van der Waals surface area contributed by atoms with Crippen molar-refractivity contribution in [3.05, 3.63) is 36.4 Å². The van der Waals surface area contributed by atoms with E-state index in [1.165, 1.54) is 12.8 Å². The normalized spacial score (nSPS) is 26.3. The van der Waals surface area contributed by atoms with Crippen molar-refractivity contribution >= 4 is 17.8 Å². The molecular weight excluding hydrogens is 366 g/mol. The Balaban J connectivity index is 1.47. The van der Waals surface area contributed by atoms with Crippen LogP contribution in [0.1, 0.15) is 31.2 Å². The van der Waals surface area contributed by atoms with E-state index in [1.807, 2.05) is 25.4 Å². The highest BCUT2D eigenvalue weighted by atomic mass is 16.2. The van der Waals surface area contributed by atoms with Gasteiger partial charge in [0.2, 0.25) is 17.8 Å². The summed E-state index contributed by atoms with van der Waals surface area (Å²) in [6.45, 7) is 4.94. The monoisotopic (exact) mass is 393 g/mol. The fraction of sp³-hybridized carbons (Fsp3) is 0.571. The molecule has 8 heteroatoms. The molecule has 0 radical (unpaired) electrons. The smallest absolute Gasteiger partial charge is 0.230 e. The third-order valence-electron chi connectivity index (χ3n) is 6.46. The Bertz CT molecular complexity index is 870. The molecule has 1 N–H and O–H groups in total. The summed E-state index contributed by atoms with van der Waals surface area (Å²) in [7, 11) is 0. The maximum atomic E-state index is 13.5. The Morgan fingerprint density at radius 3 is 2.66 bits per heavy atom. The van der Waals surface area contributed by atoms with E-state index < -0.39 is 5.41 Å². The van der Waals surface area contributed by atoms with Crippen molar-refractivity contribution in [3.63, 3.8) is 0 Å². The van der Waals surface area contributed by atoms with Crippen molar-refractivity contribution in [3.8, 4) is 0 Å². The number of nitrogens with one attached hydrogen (secondary N) is 1. The van der Waals surface area contributed by atoms with Crippen LogP contribution in [0.15, 0.2) is 30.9 Å². The molecule has 2 atom stereocenters. The largest absolute Gasteiger partial charge is 0.355 e. The van der Waals surface area contributed by atoms with Crippen molar-refractivity contribution in [2.24, 2.45) is 11.3 Å². The number of amides is 1. The molecule has 5 rings (SSSR count). The standard InChI is InChI=1S/C21H27N7O/c1-15-10-25-19(26-11-15)27-13-17-21(14-27,18(29)24-12-16-4-5-16)6-2-9-28(17)20-22-7-3-8-23-20/h3,7-8,10-11,16-17H,2,4-6,9,12-14H2,1H3,(H,24,29)/t17-,21-/m0/s1. The van der Waals surface area contributed by atoms with Gasteiger partial charge in [0.05, 0.1) is 11.5 Å². The van der Waals surface area contributed by atoms with Gasteiger partial charge >= 0.3 is 0 Å². The first-order chi connectivity index (χ1) is 14.2. The summed E-state index contributed by atoms with van der Waals surface area (Å²) in [6, 6.07) is 1.83. The second kappa shape index (κ2) is 7.24. The van der Waals surface area contributed by atoms with Gasteiger partial charge in [-0.25, -0.2) is 19.9 Å². The van der Waals surface area contributed by atoms with Gasteiger partial charge in [0.25, 0.3) is 0 Å². The number of hydrogen-bond acceptors (Lipinski definition) is 7. The number of carbonyl (C=O) groups excluding carboxylic acids is 1. The molecule has 2 aliphatic heterocycles. The van der Waals surface area contributed by atoms with Crippen molar-refractivity contribution in [2.45, 2.75) is 38.6 Å². The summed E-state index contributed by atoms with van der Waals surface area (Å²) in [5.74, 6) is 2.20. The SMILES string of the molecule is Cc1cnc(N2C[C@@H]3N(c4ncccn4)CCC[C@]3(C(=O)NCC3CC3)C2)nc1. The van der Waals surface area contributed by atoms with Gasteiger partial charge in [0.15, 0.2) is 0 Å². The number of piperidine rings is 1. The Hall–Kier alpha value is -2.77. The summed E-state index contributed by atoms with van der Waals surface area (Å²) in [5.41, 5.74) is 0.530. The number of rotatable bonds is 5. The number of anilines is 2. The molecule has 1 amide bonds. The number of aromatic nitrogens is 4. The fourth-order valence-electron chi connectivity index (χ4n) is 4.71. The third kappa shape index (κ3) is 3.41. The minimum absolute atomic E-state index is 0.00255. The zero-order valence-electron chi connectivity index (χ0n) is 16.8. The van der Waals surface area contributed by atoms with Gasteiger partial charge in [0, 0.05) is 51.0 Å². The zero-order valence-corrected chi connectivity index (χ0v) is 16.8. The second-order valence-electron chi connectivity index (χ2n) is 8.61. The third-order valence-corrected chi connectivity index (χ3v) is 6.46. The maximum Gasteiger partial charge on any atom is 0.230 e. The molecule has 4 heterocycles. The first-order valence-corrected chi connectivity index (χ1v) is 10.5. The first kappa shape index (κ1) is 18.3. The molecular formula is C21H27N7O. The minimum Gasteiger partial charge on any atom is -0.355 e. The highest BCUT2D eigenvalue weighted by Crippen LogP contribution is 2.44. The van der Waals surface area contributed by atoms with Crippen LogP contribution in [-0.2, 0) is 4.79 Å². The molecule has 0 unspecified atom stereocenters. The molecule has 1 saturated carbocycles. The van der Waals surface area contributed by atoms with Crippen LogP contribution in [0.5, 0.6) is 0 Å². The minimum atomic E-state index is -0.499. The lowest BCUT2D eigenvalue weighted by atomic mass is 9.74. The summed E-state index contributed by atoms with van der Waals surface area (Å²) in [6.07, 6.45) is 11.5. The van der Waals surface area contributed by atoms with E-state index in [1.54, 1.807) is 12.4 Å². The number of carbonyl (C=O) groups is 1. The molecule has 0 bridgehead atoms. The lowest BCUT2D eigenvalue weighted by Crippen LogP contribution is -2.59. The molecule has 152 valence electrons. The van der Waals surface area contributed by atoms with Crippen molar-refractivity contribution < 1.29 is 4.79 Å². The molecule has 2 saturated heterocycles. The van der Waals surface area contributed by atoms with Gasteiger partial charge < -0.3 is 15.1 Å². The highest BCUT2D eigenvalue weighted by Gasteiger charge is 2.57. The fourth-order valence-corrected chi connectivity index (χ4v) is 4.71. The molecule has 3 aliphatic rings. The summed E-state index contributed by atoms with van der Waals surface area (Å²) in [5, 5.41) is 3.26. The van der Waals surface area contributed by atoms with Crippen LogP contribution in [0.4, 0.5) is 11.9 Å². The van der Waals surface area contributed by atoms with E-state index in [0.29, 0.717) is 30.9 Å². The van der Waals surface area contributed by atoms with E-state index >= 15 is 0 Å². The Morgan fingerprint density at radius 2 is 1.93 bits per heavy atom. The molecule has 2 aromatic heterocycles. The van der Waals surface area contributed by atoms with Crippen LogP contribution >= 0.6 is 0 Å². The van der Waals surface area contributed by atoms with Gasteiger partial charge in [-0.05, 0) is 50.2 Å². The molecule has 29 heavy (non-hydrogen) atoms. The number of fused-ring (bicyclic) bond motifs is 1. The number of hydrogen-bond donors (Lipinski definition) is 1. The van der Waals surface area contributed by atoms with Crippen LogP contribution in [0.25, 0.3) is 0 Å². The predicted octanol–water partition coefficient (Wildman–Crippen LogP) is 1.58. The van der Waals surface area contributed by atoms with Gasteiger partial charge in [-0.2, -0.15) is 0 Å². The van der Waals surface area contributed by atoms with Crippen molar-refractivity contribution in [1.29, 1.82) is 0 Å². The topological polar surface area (TPSA) is 87.1 Å².